The zero-order valence-corrected chi connectivity index (χ0v) is 11.5. The number of hydrogen-bond donors (Lipinski definition) is 2. The Labute approximate surface area is 118 Å². The summed E-state index contributed by atoms with van der Waals surface area (Å²) in [4.78, 5) is 15.5. The molecule has 0 radical (unpaired) electrons. The Balaban J connectivity index is 2.21. The molecule has 2 rings (SSSR count). The molecule has 0 bridgehead atoms. The van der Waals surface area contributed by atoms with Gasteiger partial charge >= 0.3 is 5.97 Å². The molecule has 0 aromatic heterocycles. The monoisotopic (exact) mass is 274 g/mol. The number of nitriles is 1. The first-order valence-electron chi connectivity index (χ1n) is 6.48. The number of piperazine rings is 1. The van der Waals surface area contributed by atoms with Gasteiger partial charge in [-0.05, 0) is 24.7 Å². The minimum absolute atomic E-state index is 0.0105. The number of nitrogens with zero attached hydrogens (tertiary/aromatic N) is 3. The molecule has 0 unspecified atom stereocenters. The van der Waals surface area contributed by atoms with Crippen molar-refractivity contribution < 1.29 is 9.90 Å². The zero-order chi connectivity index (χ0) is 14.7. The largest absolute Gasteiger partial charge is 0.478 e. The Kier molecular flexibility index (Phi) is 4.23. The summed E-state index contributed by atoms with van der Waals surface area (Å²) in [6, 6.07) is 5.04. The van der Waals surface area contributed by atoms with Crippen LogP contribution in [0.1, 0.15) is 21.5 Å². The predicted octanol–water partition coefficient (Wildman–Crippen LogP) is 0.586. The second-order valence-electron chi connectivity index (χ2n) is 5.09. The molecule has 1 aliphatic heterocycles. The molecule has 6 nitrogen and oxygen atoms in total. The lowest BCUT2D eigenvalue weighted by molar-refractivity contribution is 0.0698. The third-order valence-electron chi connectivity index (χ3n) is 3.62. The third-order valence-corrected chi connectivity index (χ3v) is 3.62. The lowest BCUT2D eigenvalue weighted by Crippen LogP contribution is -2.44. The summed E-state index contributed by atoms with van der Waals surface area (Å²) in [5, 5.41) is 18.2. The molecule has 1 aromatic rings. The normalized spacial score (nSPS) is 16.8. The van der Waals surface area contributed by atoms with E-state index in [4.69, 9.17) is 10.8 Å². The van der Waals surface area contributed by atoms with Crippen molar-refractivity contribution in [2.24, 2.45) is 0 Å². The highest BCUT2D eigenvalue weighted by Crippen LogP contribution is 2.21. The maximum absolute atomic E-state index is 11.0. The Bertz CT molecular complexity index is 557. The van der Waals surface area contributed by atoms with E-state index in [0.717, 1.165) is 31.7 Å². The molecule has 20 heavy (non-hydrogen) atoms. The average Bonchev–Trinajstić information content (AvgIpc) is 2.41. The predicted molar refractivity (Wildman–Crippen MR) is 75.3 cm³/mol. The van der Waals surface area contributed by atoms with Gasteiger partial charge in [0, 0.05) is 38.4 Å². The number of aromatic carboxylic acids is 1. The number of nitrogen functional groups attached to an aromatic ring is 1. The molecular formula is C14H18N4O2. The smallest absolute Gasteiger partial charge is 0.337 e. The number of anilines is 1. The molecule has 6 heteroatoms. The van der Waals surface area contributed by atoms with Crippen molar-refractivity contribution in [2.45, 2.75) is 6.54 Å². The van der Waals surface area contributed by atoms with Crippen LogP contribution in [0.4, 0.5) is 5.69 Å². The highest BCUT2D eigenvalue weighted by molar-refractivity contribution is 5.94. The Morgan fingerprint density at radius 2 is 2.05 bits per heavy atom. The Morgan fingerprint density at radius 3 is 2.60 bits per heavy atom. The quantitative estimate of drug-likeness (QED) is 0.783. The van der Waals surface area contributed by atoms with E-state index >= 15 is 0 Å². The molecule has 0 saturated carbocycles. The molecule has 1 saturated heterocycles. The van der Waals surface area contributed by atoms with E-state index in [-0.39, 0.29) is 11.3 Å². The molecule has 106 valence electrons. The first-order valence-corrected chi connectivity index (χ1v) is 6.48. The van der Waals surface area contributed by atoms with Crippen LogP contribution >= 0.6 is 0 Å². The van der Waals surface area contributed by atoms with Gasteiger partial charge in [-0.25, -0.2) is 4.79 Å². The summed E-state index contributed by atoms with van der Waals surface area (Å²) in [5.74, 6) is -1.11. The molecular weight excluding hydrogens is 256 g/mol. The summed E-state index contributed by atoms with van der Waals surface area (Å²) in [6.07, 6.45) is 0. The fourth-order valence-corrected chi connectivity index (χ4v) is 2.33. The molecule has 0 atom stereocenters. The maximum atomic E-state index is 11.0. The van der Waals surface area contributed by atoms with Crippen molar-refractivity contribution in [1.82, 2.24) is 9.80 Å². The highest BCUT2D eigenvalue weighted by atomic mass is 16.4. The van der Waals surface area contributed by atoms with Crippen molar-refractivity contribution in [3.63, 3.8) is 0 Å². The molecule has 1 fully saturated rings. The van der Waals surface area contributed by atoms with Crippen LogP contribution in [-0.2, 0) is 6.54 Å². The first-order chi connectivity index (χ1) is 9.51. The minimum Gasteiger partial charge on any atom is -0.478 e. The number of rotatable bonds is 3. The summed E-state index contributed by atoms with van der Waals surface area (Å²) >= 11 is 0. The van der Waals surface area contributed by atoms with Crippen LogP contribution in [0.3, 0.4) is 0 Å². The van der Waals surface area contributed by atoms with Crippen LogP contribution in [0.5, 0.6) is 0 Å². The van der Waals surface area contributed by atoms with E-state index in [2.05, 4.69) is 22.9 Å². The zero-order valence-electron chi connectivity index (χ0n) is 11.5. The number of likely N-dealkylation sites (N-methyl/N-ethyl adjacent to an activating group) is 1. The topological polar surface area (TPSA) is 93.6 Å². The lowest BCUT2D eigenvalue weighted by Gasteiger charge is -2.32. The molecule has 0 spiro atoms. The van der Waals surface area contributed by atoms with Crippen molar-refractivity contribution in [2.75, 3.05) is 39.0 Å². The van der Waals surface area contributed by atoms with Crippen LogP contribution < -0.4 is 5.73 Å². The van der Waals surface area contributed by atoms with Crippen molar-refractivity contribution in [3.8, 4) is 6.07 Å². The van der Waals surface area contributed by atoms with Crippen molar-refractivity contribution in [3.05, 3.63) is 28.8 Å². The van der Waals surface area contributed by atoms with Gasteiger partial charge in [0.1, 0.15) is 0 Å². The molecule has 1 aromatic carbocycles. The standard InChI is InChI=1S/C14H18N4O2/c1-17-2-4-18(5-3-17)9-11-7-13(16)12(14(19)20)6-10(11)8-15/h6-7H,2-5,9,16H2,1H3,(H,19,20). The Hall–Kier alpha value is -2.10. The molecule has 3 N–H and O–H groups in total. The van der Waals surface area contributed by atoms with E-state index in [1.54, 1.807) is 6.07 Å². The van der Waals surface area contributed by atoms with E-state index in [0.29, 0.717) is 12.1 Å². The van der Waals surface area contributed by atoms with Gasteiger partial charge in [0.15, 0.2) is 0 Å². The molecule has 1 aliphatic rings. The van der Waals surface area contributed by atoms with Gasteiger partial charge in [-0.1, -0.05) is 0 Å². The van der Waals surface area contributed by atoms with Crippen LogP contribution in [0.2, 0.25) is 0 Å². The SMILES string of the molecule is CN1CCN(Cc2cc(N)c(C(=O)O)cc2C#N)CC1. The van der Waals surface area contributed by atoms with Gasteiger partial charge in [-0.2, -0.15) is 5.26 Å². The van der Waals surface area contributed by atoms with E-state index < -0.39 is 5.97 Å². The second-order valence-corrected chi connectivity index (χ2v) is 5.09. The van der Waals surface area contributed by atoms with Gasteiger partial charge in [0.25, 0.3) is 0 Å². The first kappa shape index (κ1) is 14.3. The average molecular weight is 274 g/mol. The summed E-state index contributed by atoms with van der Waals surface area (Å²) in [5.41, 5.74) is 7.13. The van der Waals surface area contributed by atoms with Gasteiger partial charge in [0.2, 0.25) is 0 Å². The second kappa shape index (κ2) is 5.90. The summed E-state index contributed by atoms with van der Waals surface area (Å²) in [7, 11) is 2.08. The number of carboxylic acid groups (broad SMARTS) is 1. The van der Waals surface area contributed by atoms with Gasteiger partial charge < -0.3 is 15.7 Å². The van der Waals surface area contributed by atoms with Gasteiger partial charge in [0.05, 0.1) is 17.2 Å². The number of hydrogen-bond acceptors (Lipinski definition) is 5. The molecule has 1 heterocycles. The fraction of sp³-hybridized carbons (Fsp3) is 0.429. The summed E-state index contributed by atoms with van der Waals surface area (Å²) < 4.78 is 0. The minimum atomic E-state index is -1.11. The van der Waals surface area contributed by atoms with Crippen LogP contribution in [0, 0.1) is 11.3 Å². The van der Waals surface area contributed by atoms with Gasteiger partial charge in [-0.3, -0.25) is 4.90 Å². The van der Waals surface area contributed by atoms with Crippen LogP contribution in [0.25, 0.3) is 0 Å². The summed E-state index contributed by atoms with van der Waals surface area (Å²) in [6.45, 7) is 4.47. The number of carboxylic acids is 1. The molecule has 0 amide bonds. The Morgan fingerprint density at radius 1 is 1.40 bits per heavy atom. The van der Waals surface area contributed by atoms with E-state index in [1.165, 1.54) is 6.07 Å². The third kappa shape index (κ3) is 3.07. The lowest BCUT2D eigenvalue weighted by atomic mass is 10.0. The van der Waals surface area contributed by atoms with Crippen molar-refractivity contribution >= 4 is 11.7 Å². The van der Waals surface area contributed by atoms with Crippen LogP contribution in [0.15, 0.2) is 12.1 Å². The fourth-order valence-electron chi connectivity index (χ4n) is 2.33. The number of benzene rings is 1. The number of carbonyl (C=O) groups is 1. The number of nitrogens with two attached hydrogens (primary N) is 1. The maximum Gasteiger partial charge on any atom is 0.337 e. The molecule has 0 aliphatic carbocycles. The van der Waals surface area contributed by atoms with E-state index in [1.807, 2.05) is 0 Å². The van der Waals surface area contributed by atoms with Crippen molar-refractivity contribution in [1.29, 1.82) is 5.26 Å². The van der Waals surface area contributed by atoms with Gasteiger partial charge in [-0.15, -0.1) is 0 Å². The highest BCUT2D eigenvalue weighted by Gasteiger charge is 2.18. The van der Waals surface area contributed by atoms with Crippen LogP contribution in [-0.4, -0.2) is 54.1 Å². The van der Waals surface area contributed by atoms with E-state index in [9.17, 15) is 10.1 Å².